The van der Waals surface area contributed by atoms with E-state index in [0.717, 1.165) is 16.7 Å². The smallest absolute Gasteiger partial charge is 0.238 e. The monoisotopic (exact) mass is 453 g/mol. The average Bonchev–Trinajstić information content (AvgIpc) is 3.12. The van der Waals surface area contributed by atoms with Crippen LogP contribution in [0.1, 0.15) is 11.3 Å². The number of benzene rings is 3. The third-order valence-electron chi connectivity index (χ3n) is 4.97. The highest BCUT2D eigenvalue weighted by molar-refractivity contribution is 7.89. The number of primary sulfonamides is 1. The van der Waals surface area contributed by atoms with Crippen LogP contribution in [-0.4, -0.2) is 23.3 Å². The van der Waals surface area contributed by atoms with Gasteiger partial charge in [-0.2, -0.15) is 5.10 Å². The van der Waals surface area contributed by atoms with Gasteiger partial charge >= 0.3 is 0 Å². The van der Waals surface area contributed by atoms with Gasteiger partial charge in [0.25, 0.3) is 0 Å². The number of rotatable bonds is 6. The van der Waals surface area contributed by atoms with Gasteiger partial charge in [-0.1, -0.05) is 66.2 Å². The molecule has 0 aliphatic rings. The second-order valence-corrected chi connectivity index (χ2v) is 9.05. The topological polar surface area (TPSA) is 98.2 Å². The van der Waals surface area contributed by atoms with Crippen molar-refractivity contribution in [2.45, 2.75) is 18.0 Å². The van der Waals surface area contributed by atoms with Crippen LogP contribution in [0.25, 0.3) is 22.4 Å². The molecule has 0 spiro atoms. The third-order valence-corrected chi connectivity index (χ3v) is 6.15. The Morgan fingerprint density at radius 2 is 1.52 bits per heavy atom. The Kier molecular flexibility index (Phi) is 5.93. The normalized spacial score (nSPS) is 11.6. The highest BCUT2D eigenvalue weighted by Crippen LogP contribution is 2.36. The Morgan fingerprint density at radius 3 is 2.10 bits per heavy atom. The van der Waals surface area contributed by atoms with E-state index in [9.17, 15) is 13.5 Å². The number of aliphatic hydroxyl groups excluding tert-OH is 1. The van der Waals surface area contributed by atoms with Crippen molar-refractivity contribution >= 4 is 21.6 Å². The van der Waals surface area contributed by atoms with Gasteiger partial charge in [-0.25, -0.2) is 13.6 Å². The molecule has 0 aliphatic carbocycles. The van der Waals surface area contributed by atoms with Crippen LogP contribution in [0.2, 0.25) is 5.02 Å². The second-order valence-electron chi connectivity index (χ2n) is 7.05. The van der Waals surface area contributed by atoms with Gasteiger partial charge in [0, 0.05) is 16.1 Å². The van der Waals surface area contributed by atoms with Gasteiger partial charge in [-0.3, -0.25) is 4.68 Å². The maximum atomic E-state index is 11.6. The van der Waals surface area contributed by atoms with Gasteiger partial charge in [-0.15, -0.1) is 0 Å². The molecule has 4 rings (SSSR count). The highest BCUT2D eigenvalue weighted by atomic mass is 35.5. The Morgan fingerprint density at radius 1 is 0.903 bits per heavy atom. The maximum absolute atomic E-state index is 11.6. The zero-order chi connectivity index (χ0) is 22.0. The summed E-state index contributed by atoms with van der Waals surface area (Å²) < 4.78 is 25.0. The van der Waals surface area contributed by atoms with Crippen LogP contribution in [0.4, 0.5) is 0 Å². The molecule has 0 aliphatic heterocycles. The molecule has 1 aromatic heterocycles. The number of aromatic nitrogens is 2. The standard InChI is InChI=1S/C23H20ClN3O3S/c24-19-10-6-17(7-11-19)22-21(15-28)27(14-16-4-2-1-3-5-16)26-23(22)18-8-12-20(13-9-18)31(25,29)30/h1-13,28H,14-15H2,(H2,25,29,30). The summed E-state index contributed by atoms with van der Waals surface area (Å²) in [6, 6.07) is 23.3. The van der Waals surface area contributed by atoms with Crippen LogP contribution >= 0.6 is 11.6 Å². The summed E-state index contributed by atoms with van der Waals surface area (Å²) in [7, 11) is -3.80. The first-order valence-corrected chi connectivity index (χ1v) is 11.4. The first-order chi connectivity index (χ1) is 14.9. The van der Waals surface area contributed by atoms with E-state index in [2.05, 4.69) is 0 Å². The van der Waals surface area contributed by atoms with E-state index in [4.69, 9.17) is 21.8 Å². The lowest BCUT2D eigenvalue weighted by Gasteiger charge is -2.08. The Balaban J connectivity index is 1.89. The minimum Gasteiger partial charge on any atom is -0.390 e. The number of hydrogen-bond acceptors (Lipinski definition) is 4. The minimum atomic E-state index is -3.80. The van der Waals surface area contributed by atoms with Crippen molar-refractivity contribution in [3.63, 3.8) is 0 Å². The Labute approximate surface area is 185 Å². The fourth-order valence-corrected chi connectivity index (χ4v) is 4.11. The van der Waals surface area contributed by atoms with Crippen LogP contribution in [-0.2, 0) is 23.2 Å². The summed E-state index contributed by atoms with van der Waals surface area (Å²) in [5.41, 5.74) is 4.63. The molecular formula is C23H20ClN3O3S. The predicted octanol–water partition coefficient (Wildman–Crippen LogP) is 4.06. The SMILES string of the molecule is NS(=O)(=O)c1ccc(-c2nn(Cc3ccccc3)c(CO)c2-c2ccc(Cl)cc2)cc1. The van der Waals surface area contributed by atoms with Crippen molar-refractivity contribution in [2.75, 3.05) is 0 Å². The molecule has 3 aromatic carbocycles. The van der Waals surface area contributed by atoms with Gasteiger partial charge in [0.15, 0.2) is 0 Å². The van der Waals surface area contributed by atoms with Crippen LogP contribution in [0.5, 0.6) is 0 Å². The molecule has 0 atom stereocenters. The van der Waals surface area contributed by atoms with Crippen LogP contribution in [0.15, 0.2) is 83.8 Å². The molecule has 3 N–H and O–H groups in total. The fourth-order valence-electron chi connectivity index (χ4n) is 3.47. The third kappa shape index (κ3) is 4.55. The van der Waals surface area contributed by atoms with Crippen molar-refractivity contribution in [2.24, 2.45) is 5.14 Å². The van der Waals surface area contributed by atoms with Crippen molar-refractivity contribution in [3.8, 4) is 22.4 Å². The van der Waals surface area contributed by atoms with Crippen molar-refractivity contribution < 1.29 is 13.5 Å². The van der Waals surface area contributed by atoms with Crippen molar-refractivity contribution in [1.82, 2.24) is 9.78 Å². The number of nitrogens with zero attached hydrogens (tertiary/aromatic N) is 2. The molecule has 0 bridgehead atoms. The summed E-state index contributed by atoms with van der Waals surface area (Å²) in [5.74, 6) is 0. The second kappa shape index (κ2) is 8.64. The summed E-state index contributed by atoms with van der Waals surface area (Å²) in [5, 5.41) is 20.8. The molecule has 0 saturated carbocycles. The molecule has 0 radical (unpaired) electrons. The number of sulfonamides is 1. The molecule has 0 saturated heterocycles. The zero-order valence-electron chi connectivity index (χ0n) is 16.4. The molecule has 0 amide bonds. The quantitative estimate of drug-likeness (QED) is 0.460. The average molecular weight is 454 g/mol. The van der Waals surface area contributed by atoms with E-state index in [-0.39, 0.29) is 11.5 Å². The Bertz CT molecular complexity index is 1300. The summed E-state index contributed by atoms with van der Waals surface area (Å²) >= 11 is 6.06. The predicted molar refractivity (Wildman–Crippen MR) is 121 cm³/mol. The molecule has 0 fully saturated rings. The maximum Gasteiger partial charge on any atom is 0.238 e. The lowest BCUT2D eigenvalue weighted by molar-refractivity contribution is 0.269. The van der Waals surface area contributed by atoms with Gasteiger partial charge in [0.1, 0.15) is 5.69 Å². The molecule has 6 nitrogen and oxygen atoms in total. The van der Waals surface area contributed by atoms with Gasteiger partial charge in [0.2, 0.25) is 10.0 Å². The molecule has 8 heteroatoms. The lowest BCUT2D eigenvalue weighted by atomic mass is 9.99. The summed E-state index contributed by atoms with van der Waals surface area (Å²) in [6.45, 7) is 0.264. The van der Waals surface area contributed by atoms with Gasteiger partial charge in [-0.05, 0) is 35.4 Å². The summed E-state index contributed by atoms with van der Waals surface area (Å²) in [4.78, 5) is 0.0235. The van der Waals surface area contributed by atoms with Crippen LogP contribution < -0.4 is 5.14 Å². The number of halogens is 1. The minimum absolute atomic E-state index is 0.0235. The van der Waals surface area contributed by atoms with Crippen molar-refractivity contribution in [3.05, 3.63) is 95.1 Å². The lowest BCUT2D eigenvalue weighted by Crippen LogP contribution is -2.11. The number of aliphatic hydroxyl groups is 1. The Hall–Kier alpha value is -2.97. The zero-order valence-corrected chi connectivity index (χ0v) is 18.0. The van der Waals surface area contributed by atoms with E-state index >= 15 is 0 Å². The molecule has 158 valence electrons. The first-order valence-electron chi connectivity index (χ1n) is 9.50. The largest absolute Gasteiger partial charge is 0.390 e. The number of hydrogen-bond donors (Lipinski definition) is 2. The molecule has 4 aromatic rings. The molecule has 1 heterocycles. The first kappa shape index (κ1) is 21.3. The van der Waals surface area contributed by atoms with Crippen molar-refractivity contribution in [1.29, 1.82) is 0 Å². The van der Waals surface area contributed by atoms with Gasteiger partial charge < -0.3 is 5.11 Å². The molecule has 0 unspecified atom stereocenters. The van der Waals surface area contributed by atoms with E-state index in [1.807, 2.05) is 42.5 Å². The molecular weight excluding hydrogens is 434 g/mol. The summed E-state index contributed by atoms with van der Waals surface area (Å²) in [6.07, 6.45) is 0. The number of nitrogens with two attached hydrogens (primary N) is 1. The van der Waals surface area contributed by atoms with E-state index < -0.39 is 10.0 Å². The highest BCUT2D eigenvalue weighted by Gasteiger charge is 2.21. The van der Waals surface area contributed by atoms with E-state index in [1.165, 1.54) is 12.1 Å². The molecule has 31 heavy (non-hydrogen) atoms. The van der Waals surface area contributed by atoms with Crippen LogP contribution in [0.3, 0.4) is 0 Å². The van der Waals surface area contributed by atoms with Crippen LogP contribution in [0, 0.1) is 0 Å². The fraction of sp³-hybridized carbons (Fsp3) is 0.0870. The van der Waals surface area contributed by atoms with E-state index in [1.54, 1.807) is 28.9 Å². The van der Waals surface area contributed by atoms with E-state index in [0.29, 0.717) is 28.5 Å². The van der Waals surface area contributed by atoms with Gasteiger partial charge in [0.05, 0.1) is 23.7 Å².